The third-order valence-electron chi connectivity index (χ3n) is 3.43. The first kappa shape index (κ1) is 22.6. The van der Waals surface area contributed by atoms with Gasteiger partial charge in [-0.3, -0.25) is 4.79 Å². The highest BCUT2D eigenvalue weighted by Crippen LogP contribution is 2.25. The van der Waals surface area contributed by atoms with E-state index in [9.17, 15) is 4.79 Å². The molecule has 0 aliphatic rings. The maximum Gasteiger partial charge on any atom is 0.216 e. The quantitative estimate of drug-likeness (QED) is 0.113. The molecule has 1 amide bonds. The van der Waals surface area contributed by atoms with Crippen molar-refractivity contribution in [2.75, 3.05) is 11.9 Å². The number of nitrogens with zero attached hydrogens (tertiary/aromatic N) is 5. The molecule has 0 aromatic carbocycles. The van der Waals surface area contributed by atoms with Gasteiger partial charge in [0.15, 0.2) is 21.8 Å². The summed E-state index contributed by atoms with van der Waals surface area (Å²) in [6.07, 6.45) is 4.34. The molecular formula is C15H28N6O2SSi2. The Morgan fingerprint density at radius 1 is 1.31 bits per heavy atom. The zero-order chi connectivity index (χ0) is 19.6. The van der Waals surface area contributed by atoms with Gasteiger partial charge in [0.2, 0.25) is 5.91 Å². The van der Waals surface area contributed by atoms with Crippen molar-refractivity contribution in [2.24, 2.45) is 5.11 Å². The van der Waals surface area contributed by atoms with E-state index in [0.717, 1.165) is 23.4 Å². The molecule has 0 unspecified atom stereocenters. The van der Waals surface area contributed by atoms with Gasteiger partial charge < -0.3 is 9.43 Å². The van der Waals surface area contributed by atoms with Crippen molar-refractivity contribution in [1.29, 1.82) is 0 Å². The van der Waals surface area contributed by atoms with Crippen LogP contribution in [0.5, 0.6) is 0 Å². The summed E-state index contributed by atoms with van der Waals surface area (Å²) in [5.74, 6) is 0.0157. The van der Waals surface area contributed by atoms with E-state index in [2.05, 4.69) is 51.5 Å². The minimum absolute atomic E-state index is 0.0157. The summed E-state index contributed by atoms with van der Waals surface area (Å²) in [7, 11) is -3.61. The van der Waals surface area contributed by atoms with Gasteiger partial charge >= 0.3 is 0 Å². The lowest BCUT2D eigenvalue weighted by Crippen LogP contribution is -2.46. The van der Waals surface area contributed by atoms with Gasteiger partial charge in [-0.2, -0.15) is 0 Å². The molecular weight excluding hydrogens is 384 g/mol. The molecule has 144 valence electrons. The topological polar surface area (TPSA) is 113 Å². The van der Waals surface area contributed by atoms with Gasteiger partial charge in [0.1, 0.15) is 0 Å². The SMILES string of the molecule is CC(=O)NCCC[Si](C)(C)O[Si](C)(C)CSc1ncc(CN=[N+]=[N-])cn1. The molecule has 1 rings (SSSR count). The first-order chi connectivity index (χ1) is 12.1. The van der Waals surface area contributed by atoms with Crippen LogP contribution >= 0.6 is 11.8 Å². The third kappa shape index (κ3) is 9.92. The first-order valence-corrected chi connectivity index (χ1v) is 15.7. The number of amides is 1. The molecule has 0 aliphatic carbocycles. The number of azide groups is 1. The van der Waals surface area contributed by atoms with E-state index >= 15 is 0 Å². The lowest BCUT2D eigenvalue weighted by molar-refractivity contribution is -0.118. The Hall–Kier alpha value is -1.40. The number of carbonyl (C=O) groups excluding carboxylic acids is 1. The molecule has 0 radical (unpaired) electrons. The molecule has 1 aromatic rings. The highest BCUT2D eigenvalue weighted by atomic mass is 32.2. The van der Waals surface area contributed by atoms with Gasteiger partial charge in [0, 0.05) is 36.2 Å². The average Bonchev–Trinajstić information content (AvgIpc) is 2.55. The van der Waals surface area contributed by atoms with Crippen LogP contribution < -0.4 is 5.32 Å². The number of nitrogens with one attached hydrogen (secondary N) is 1. The van der Waals surface area contributed by atoms with E-state index < -0.39 is 16.6 Å². The van der Waals surface area contributed by atoms with Gasteiger partial charge in [-0.15, -0.1) is 0 Å². The van der Waals surface area contributed by atoms with Crippen molar-refractivity contribution in [1.82, 2.24) is 15.3 Å². The summed E-state index contributed by atoms with van der Waals surface area (Å²) < 4.78 is 6.56. The van der Waals surface area contributed by atoms with Crippen LogP contribution in [-0.2, 0) is 15.5 Å². The second kappa shape index (κ2) is 10.7. The Kier molecular flexibility index (Phi) is 9.30. The van der Waals surface area contributed by atoms with E-state index in [1.54, 1.807) is 24.2 Å². The summed E-state index contributed by atoms with van der Waals surface area (Å²) in [6, 6.07) is 1.03. The lowest BCUT2D eigenvalue weighted by atomic mass is 10.4. The van der Waals surface area contributed by atoms with Gasteiger partial charge in [-0.1, -0.05) is 16.9 Å². The Morgan fingerprint density at radius 3 is 2.54 bits per heavy atom. The molecule has 0 bridgehead atoms. The van der Waals surface area contributed by atoms with Gasteiger partial charge in [0.25, 0.3) is 0 Å². The van der Waals surface area contributed by atoms with Gasteiger partial charge in [-0.05, 0) is 49.7 Å². The summed E-state index contributed by atoms with van der Waals surface area (Å²) in [5.41, 5.74) is 9.13. The normalized spacial score (nSPS) is 11.7. The minimum atomic E-state index is -1.85. The van der Waals surface area contributed by atoms with Gasteiger partial charge in [0.05, 0.1) is 6.54 Å². The van der Waals surface area contributed by atoms with E-state index in [4.69, 9.17) is 9.65 Å². The summed E-state index contributed by atoms with van der Waals surface area (Å²) in [5, 5.41) is 7.93. The van der Waals surface area contributed by atoms with Crippen LogP contribution in [0.3, 0.4) is 0 Å². The molecule has 0 fully saturated rings. The Morgan fingerprint density at radius 2 is 1.96 bits per heavy atom. The van der Waals surface area contributed by atoms with Crippen molar-refractivity contribution in [2.45, 2.75) is 57.3 Å². The molecule has 0 aliphatic heterocycles. The van der Waals surface area contributed by atoms with Crippen LogP contribution in [0.15, 0.2) is 22.7 Å². The van der Waals surface area contributed by atoms with Crippen molar-refractivity contribution in [3.63, 3.8) is 0 Å². The zero-order valence-electron chi connectivity index (χ0n) is 16.2. The second-order valence-electron chi connectivity index (χ2n) is 7.26. The molecule has 1 heterocycles. The fourth-order valence-corrected chi connectivity index (χ4v) is 12.8. The number of hydrogen-bond acceptors (Lipinski definition) is 6. The fourth-order valence-electron chi connectivity index (χ4n) is 2.46. The van der Waals surface area contributed by atoms with Crippen LogP contribution in [0.2, 0.25) is 32.2 Å². The number of carbonyl (C=O) groups is 1. The Labute approximate surface area is 161 Å². The molecule has 11 heteroatoms. The molecule has 0 saturated heterocycles. The second-order valence-corrected chi connectivity index (χ2v) is 17.4. The van der Waals surface area contributed by atoms with Crippen molar-refractivity contribution in [3.8, 4) is 0 Å². The minimum Gasteiger partial charge on any atom is -0.455 e. The number of aromatic nitrogens is 2. The molecule has 0 spiro atoms. The van der Waals surface area contributed by atoms with Crippen molar-refractivity contribution in [3.05, 3.63) is 28.4 Å². The summed E-state index contributed by atoms with van der Waals surface area (Å²) in [4.78, 5) is 22.3. The average molecular weight is 413 g/mol. The molecule has 1 aromatic heterocycles. The van der Waals surface area contributed by atoms with Gasteiger partial charge in [-0.25, -0.2) is 9.97 Å². The van der Waals surface area contributed by atoms with Crippen molar-refractivity contribution < 1.29 is 8.91 Å². The van der Waals surface area contributed by atoms with E-state index in [0.29, 0.717) is 11.7 Å². The maximum atomic E-state index is 10.9. The van der Waals surface area contributed by atoms with E-state index in [-0.39, 0.29) is 12.5 Å². The smallest absolute Gasteiger partial charge is 0.216 e. The van der Waals surface area contributed by atoms with E-state index in [1.165, 1.54) is 6.92 Å². The molecule has 1 N–H and O–H groups in total. The van der Waals surface area contributed by atoms with Crippen LogP contribution in [0, 0.1) is 0 Å². The predicted molar refractivity (Wildman–Crippen MR) is 110 cm³/mol. The zero-order valence-corrected chi connectivity index (χ0v) is 19.0. The highest BCUT2D eigenvalue weighted by Gasteiger charge is 2.33. The van der Waals surface area contributed by atoms with Crippen LogP contribution in [0.1, 0.15) is 18.9 Å². The summed E-state index contributed by atoms with van der Waals surface area (Å²) >= 11 is 1.61. The maximum absolute atomic E-state index is 10.9. The largest absolute Gasteiger partial charge is 0.455 e. The van der Waals surface area contributed by atoms with Crippen molar-refractivity contribution >= 4 is 34.3 Å². The van der Waals surface area contributed by atoms with Crippen LogP contribution in [0.25, 0.3) is 10.4 Å². The molecule has 0 atom stereocenters. The predicted octanol–water partition coefficient (Wildman–Crippen LogP) is 3.87. The summed E-state index contributed by atoms with van der Waals surface area (Å²) in [6.45, 7) is 11.4. The standard InChI is InChI=1S/C15H28N6O2SSi2/c1-13(22)17-7-6-8-25(2,3)23-26(4,5)12-24-15-18-9-14(10-19-15)11-20-21-16/h9-10H,6-8,11-12H2,1-5H3,(H,17,22). The molecule has 8 nitrogen and oxygen atoms in total. The Bertz CT molecular complexity index is 636. The van der Waals surface area contributed by atoms with Crippen LogP contribution in [-0.4, -0.2) is 44.4 Å². The molecule has 0 saturated carbocycles. The molecule has 26 heavy (non-hydrogen) atoms. The third-order valence-corrected chi connectivity index (χ3v) is 13.2. The lowest BCUT2D eigenvalue weighted by Gasteiger charge is -2.33. The van der Waals surface area contributed by atoms with E-state index in [1.807, 2.05) is 0 Å². The number of hydrogen-bond donors (Lipinski definition) is 1. The highest BCUT2D eigenvalue weighted by molar-refractivity contribution is 8.00. The number of rotatable bonds is 11. The monoisotopic (exact) mass is 412 g/mol. The van der Waals surface area contributed by atoms with Crippen LogP contribution in [0.4, 0.5) is 0 Å². The Balaban J connectivity index is 2.46. The number of thioether (sulfide) groups is 1. The fraction of sp³-hybridized carbons (Fsp3) is 0.667. The first-order valence-electron chi connectivity index (χ1n) is 8.53.